The molecule has 0 bridgehead atoms. The van der Waals surface area contributed by atoms with E-state index >= 15 is 0 Å². The second-order valence-corrected chi connectivity index (χ2v) is 5.93. The maximum absolute atomic E-state index is 11.5. The Bertz CT molecular complexity index is 726. The van der Waals surface area contributed by atoms with Crippen LogP contribution in [0.4, 0.5) is 5.69 Å². The van der Waals surface area contributed by atoms with Gasteiger partial charge in [0, 0.05) is 10.6 Å². The molecule has 0 heterocycles. The van der Waals surface area contributed by atoms with Gasteiger partial charge >= 0.3 is 0 Å². The third-order valence-electron chi connectivity index (χ3n) is 3.06. The molecule has 0 aliphatic carbocycles. The highest BCUT2D eigenvalue weighted by molar-refractivity contribution is 7.98. The Kier molecular flexibility index (Phi) is 6.33. The van der Waals surface area contributed by atoms with Crippen LogP contribution in [0.25, 0.3) is 0 Å². The van der Waals surface area contributed by atoms with E-state index in [9.17, 15) is 4.79 Å². The molecule has 6 heteroatoms. The molecule has 0 unspecified atom stereocenters. The molecule has 2 rings (SSSR count). The Morgan fingerprint density at radius 1 is 1.30 bits per heavy atom. The summed E-state index contributed by atoms with van der Waals surface area (Å²) in [6.07, 6.45) is 0. The van der Waals surface area contributed by atoms with Crippen LogP contribution in [0.3, 0.4) is 0 Å². The Labute approximate surface area is 144 Å². The van der Waals surface area contributed by atoms with Gasteiger partial charge in [-0.05, 0) is 35.9 Å². The van der Waals surface area contributed by atoms with E-state index < -0.39 is 0 Å². The quantitative estimate of drug-likeness (QED) is 0.633. The predicted molar refractivity (Wildman–Crippen MR) is 93.1 cm³/mol. The number of rotatable bonds is 6. The van der Waals surface area contributed by atoms with Gasteiger partial charge in [0.15, 0.2) is 0 Å². The van der Waals surface area contributed by atoms with Crippen molar-refractivity contribution >= 4 is 35.0 Å². The van der Waals surface area contributed by atoms with Gasteiger partial charge in [-0.25, -0.2) is 0 Å². The Hall–Kier alpha value is -2.16. The Morgan fingerprint density at radius 3 is 2.65 bits per heavy atom. The lowest BCUT2D eigenvalue weighted by Crippen LogP contribution is -2.13. The van der Waals surface area contributed by atoms with Gasteiger partial charge in [-0.2, -0.15) is 5.26 Å². The van der Waals surface area contributed by atoms with Gasteiger partial charge in [0.05, 0.1) is 24.4 Å². The third kappa shape index (κ3) is 4.92. The van der Waals surface area contributed by atoms with Gasteiger partial charge in [0.25, 0.3) is 0 Å². The van der Waals surface area contributed by atoms with Crippen LogP contribution in [0.5, 0.6) is 5.75 Å². The van der Waals surface area contributed by atoms with Crippen molar-refractivity contribution in [2.75, 3.05) is 18.3 Å². The van der Waals surface area contributed by atoms with Gasteiger partial charge < -0.3 is 10.1 Å². The molecule has 2 aromatic carbocycles. The van der Waals surface area contributed by atoms with Gasteiger partial charge in [-0.15, -0.1) is 23.4 Å². The number of amides is 1. The zero-order valence-corrected chi connectivity index (χ0v) is 14.1. The lowest BCUT2D eigenvalue weighted by atomic mass is 10.2. The SMILES string of the molecule is COc1ccc(CSc2ccc(C#N)cc2NC(=O)CCl)cc1. The van der Waals surface area contributed by atoms with E-state index in [-0.39, 0.29) is 11.8 Å². The van der Waals surface area contributed by atoms with Crippen LogP contribution in [0.2, 0.25) is 0 Å². The molecule has 118 valence electrons. The molecule has 0 aromatic heterocycles. The normalized spacial score (nSPS) is 9.96. The van der Waals surface area contributed by atoms with E-state index in [4.69, 9.17) is 21.6 Å². The number of methoxy groups -OCH3 is 1. The highest BCUT2D eigenvalue weighted by Gasteiger charge is 2.08. The summed E-state index contributed by atoms with van der Waals surface area (Å²) < 4.78 is 5.14. The maximum atomic E-state index is 11.5. The fourth-order valence-electron chi connectivity index (χ4n) is 1.89. The minimum absolute atomic E-state index is 0.126. The third-order valence-corrected chi connectivity index (χ3v) is 4.44. The molecule has 0 saturated carbocycles. The van der Waals surface area contributed by atoms with E-state index in [0.29, 0.717) is 11.3 Å². The Morgan fingerprint density at radius 2 is 2.04 bits per heavy atom. The molecule has 4 nitrogen and oxygen atoms in total. The first-order chi connectivity index (χ1) is 11.2. The Balaban J connectivity index is 2.14. The molecule has 23 heavy (non-hydrogen) atoms. The van der Waals surface area contributed by atoms with Crippen molar-refractivity contribution in [3.05, 3.63) is 53.6 Å². The van der Waals surface area contributed by atoms with E-state index in [1.54, 1.807) is 31.0 Å². The fourth-order valence-corrected chi connectivity index (χ4v) is 2.90. The molecule has 0 saturated heterocycles. The topological polar surface area (TPSA) is 62.1 Å². The van der Waals surface area contributed by atoms with Crippen molar-refractivity contribution in [1.82, 2.24) is 0 Å². The van der Waals surface area contributed by atoms with Crippen LogP contribution in [0.1, 0.15) is 11.1 Å². The number of carbonyl (C=O) groups is 1. The van der Waals surface area contributed by atoms with Crippen molar-refractivity contribution in [1.29, 1.82) is 5.26 Å². The number of nitrogens with zero attached hydrogens (tertiary/aromatic N) is 1. The number of anilines is 1. The van der Waals surface area contributed by atoms with Crippen LogP contribution in [-0.2, 0) is 10.5 Å². The number of nitrogens with one attached hydrogen (secondary N) is 1. The number of carbonyl (C=O) groups excluding carboxylic acids is 1. The molecular weight excluding hydrogens is 332 g/mol. The monoisotopic (exact) mass is 346 g/mol. The van der Waals surface area contributed by atoms with Gasteiger partial charge in [-0.3, -0.25) is 4.79 Å². The number of hydrogen-bond donors (Lipinski definition) is 1. The van der Waals surface area contributed by atoms with Crippen molar-refractivity contribution in [3.8, 4) is 11.8 Å². The summed E-state index contributed by atoms with van der Waals surface area (Å²) in [4.78, 5) is 12.4. The maximum Gasteiger partial charge on any atom is 0.239 e. The van der Waals surface area contributed by atoms with E-state index in [1.807, 2.05) is 30.3 Å². The van der Waals surface area contributed by atoms with Crippen molar-refractivity contribution in [3.63, 3.8) is 0 Å². The fraction of sp³-hybridized carbons (Fsp3) is 0.176. The highest BCUT2D eigenvalue weighted by Crippen LogP contribution is 2.31. The average molecular weight is 347 g/mol. The number of thioether (sulfide) groups is 1. The number of hydrogen-bond acceptors (Lipinski definition) is 4. The lowest BCUT2D eigenvalue weighted by molar-refractivity contribution is -0.113. The van der Waals surface area contributed by atoms with Crippen LogP contribution in [0, 0.1) is 11.3 Å². The van der Waals surface area contributed by atoms with Gasteiger partial charge in [-0.1, -0.05) is 12.1 Å². The summed E-state index contributed by atoms with van der Waals surface area (Å²) in [5.41, 5.74) is 2.23. The molecule has 0 fully saturated rings. The summed E-state index contributed by atoms with van der Waals surface area (Å²) in [5, 5.41) is 11.7. The largest absolute Gasteiger partial charge is 0.497 e. The van der Waals surface area contributed by atoms with E-state index in [0.717, 1.165) is 22.0 Å². The van der Waals surface area contributed by atoms with Crippen molar-refractivity contribution < 1.29 is 9.53 Å². The first kappa shape index (κ1) is 17.2. The minimum atomic E-state index is -0.298. The van der Waals surface area contributed by atoms with E-state index in [2.05, 4.69) is 11.4 Å². The predicted octanol–water partition coefficient (Wildman–Crippen LogP) is 4.04. The zero-order chi connectivity index (χ0) is 16.7. The van der Waals surface area contributed by atoms with Crippen LogP contribution in [0.15, 0.2) is 47.4 Å². The second-order valence-electron chi connectivity index (χ2n) is 4.64. The number of nitriles is 1. The zero-order valence-electron chi connectivity index (χ0n) is 12.5. The molecule has 1 amide bonds. The molecular formula is C17H15ClN2O2S. The van der Waals surface area contributed by atoms with Crippen LogP contribution >= 0.6 is 23.4 Å². The number of alkyl halides is 1. The smallest absolute Gasteiger partial charge is 0.239 e. The summed E-state index contributed by atoms with van der Waals surface area (Å²) in [6, 6.07) is 15.1. The number of halogens is 1. The van der Waals surface area contributed by atoms with Crippen molar-refractivity contribution in [2.45, 2.75) is 10.6 Å². The molecule has 0 aliphatic rings. The highest BCUT2D eigenvalue weighted by atomic mass is 35.5. The molecule has 2 aromatic rings. The summed E-state index contributed by atoms with van der Waals surface area (Å²) >= 11 is 7.11. The lowest BCUT2D eigenvalue weighted by Gasteiger charge is -2.11. The number of ether oxygens (including phenoxy) is 1. The standard InChI is InChI=1S/C17H15ClN2O2S/c1-22-14-5-2-12(3-6-14)11-23-16-7-4-13(10-19)8-15(16)20-17(21)9-18/h2-8H,9,11H2,1H3,(H,20,21). The summed E-state index contributed by atoms with van der Waals surface area (Å²) in [6.45, 7) is 0. The summed E-state index contributed by atoms with van der Waals surface area (Å²) in [5.74, 6) is 1.12. The second kappa shape index (κ2) is 8.47. The molecule has 0 atom stereocenters. The minimum Gasteiger partial charge on any atom is -0.497 e. The first-order valence-electron chi connectivity index (χ1n) is 6.82. The van der Waals surface area contributed by atoms with Gasteiger partial charge in [0.2, 0.25) is 5.91 Å². The first-order valence-corrected chi connectivity index (χ1v) is 8.34. The number of benzene rings is 2. The van der Waals surface area contributed by atoms with Crippen LogP contribution in [-0.4, -0.2) is 18.9 Å². The molecule has 0 spiro atoms. The van der Waals surface area contributed by atoms with Crippen molar-refractivity contribution in [2.24, 2.45) is 0 Å². The average Bonchev–Trinajstić information content (AvgIpc) is 2.60. The van der Waals surface area contributed by atoms with Gasteiger partial charge in [0.1, 0.15) is 11.6 Å². The molecule has 1 N–H and O–H groups in total. The van der Waals surface area contributed by atoms with E-state index in [1.165, 1.54) is 0 Å². The van der Waals surface area contributed by atoms with Crippen LogP contribution < -0.4 is 10.1 Å². The molecule has 0 radical (unpaired) electrons. The molecule has 0 aliphatic heterocycles. The summed E-state index contributed by atoms with van der Waals surface area (Å²) in [7, 11) is 1.63.